The number of hydrogen-bond donors (Lipinski definition) is 1. The smallest absolute Gasteiger partial charge is 0.192 e. The molecule has 0 aliphatic carbocycles. The molecule has 1 N–H and O–H groups in total. The van der Waals surface area contributed by atoms with Crippen LogP contribution in [-0.4, -0.2) is 41.1 Å². The van der Waals surface area contributed by atoms with Gasteiger partial charge in [-0.3, -0.25) is 4.68 Å². The Morgan fingerprint density at radius 2 is 1.84 bits per heavy atom. The van der Waals surface area contributed by atoms with Crippen molar-refractivity contribution in [2.75, 3.05) is 13.7 Å². The van der Waals surface area contributed by atoms with Crippen molar-refractivity contribution < 1.29 is 13.7 Å². The first-order valence-electron chi connectivity index (χ1n) is 11.2. The molecule has 1 heterocycles. The minimum absolute atomic E-state index is 0.0623. The molecule has 0 radical (unpaired) electrons. The molecule has 0 bridgehead atoms. The van der Waals surface area contributed by atoms with E-state index in [-0.39, 0.29) is 15.8 Å². The third-order valence-corrected chi connectivity index (χ3v) is 12.3. The van der Waals surface area contributed by atoms with Crippen molar-refractivity contribution in [3.63, 3.8) is 0 Å². The molecular formula is C24H41N3O3SSi. The predicted molar refractivity (Wildman–Crippen MR) is 137 cm³/mol. The standard InChI is InChI=1S/C24H41N3O3SSi/c1-18(26-31(28)23(2,3)4)19-11-12-22(29-8)21(15-19)20-16-25-27(17-20)13-14-30-32(9,10)24(5,6)7/h11-12,15-18,26H,13-14H2,1-10H3/t18?,31-/m0/s1. The van der Waals surface area contributed by atoms with Crippen LogP contribution in [-0.2, 0) is 22.3 Å². The molecule has 32 heavy (non-hydrogen) atoms. The summed E-state index contributed by atoms with van der Waals surface area (Å²) in [7, 11) is -0.0979. The summed E-state index contributed by atoms with van der Waals surface area (Å²) in [6.45, 7) is 20.5. The van der Waals surface area contributed by atoms with Crippen LogP contribution in [0, 0.1) is 0 Å². The van der Waals surface area contributed by atoms with Crippen LogP contribution >= 0.6 is 0 Å². The second kappa shape index (κ2) is 10.3. The van der Waals surface area contributed by atoms with Gasteiger partial charge >= 0.3 is 0 Å². The highest BCUT2D eigenvalue weighted by atomic mass is 32.2. The number of hydrogen-bond acceptors (Lipinski definition) is 5. The zero-order valence-electron chi connectivity index (χ0n) is 21.4. The van der Waals surface area contributed by atoms with Crippen molar-refractivity contribution in [1.82, 2.24) is 14.5 Å². The summed E-state index contributed by atoms with van der Waals surface area (Å²) in [6.07, 6.45) is 3.89. The maximum Gasteiger partial charge on any atom is 0.192 e. The number of nitrogens with one attached hydrogen (secondary N) is 1. The van der Waals surface area contributed by atoms with Gasteiger partial charge in [-0.2, -0.15) is 5.10 Å². The predicted octanol–water partition coefficient (Wildman–Crippen LogP) is 5.69. The SMILES string of the molecule is COc1ccc(C(C)N[S@@+]([O-])C(C)(C)C)cc1-c1cnn(CCO[Si](C)(C)C(C)(C)C)c1. The quantitative estimate of drug-likeness (QED) is 0.369. The molecule has 8 heteroatoms. The average molecular weight is 480 g/mol. The number of benzene rings is 1. The Morgan fingerprint density at radius 3 is 2.41 bits per heavy atom. The van der Waals surface area contributed by atoms with Gasteiger partial charge in [0, 0.05) is 28.7 Å². The zero-order chi connectivity index (χ0) is 24.3. The largest absolute Gasteiger partial charge is 0.598 e. The van der Waals surface area contributed by atoms with E-state index in [0.29, 0.717) is 13.2 Å². The zero-order valence-corrected chi connectivity index (χ0v) is 23.2. The lowest BCUT2D eigenvalue weighted by Crippen LogP contribution is -2.41. The van der Waals surface area contributed by atoms with Gasteiger partial charge in [0.05, 0.1) is 32.5 Å². The monoisotopic (exact) mass is 479 g/mol. The van der Waals surface area contributed by atoms with Gasteiger partial charge in [-0.05, 0) is 63.5 Å². The van der Waals surface area contributed by atoms with Gasteiger partial charge in [0.2, 0.25) is 0 Å². The van der Waals surface area contributed by atoms with Crippen LogP contribution < -0.4 is 9.46 Å². The summed E-state index contributed by atoms with van der Waals surface area (Å²) in [5.74, 6) is 0.787. The van der Waals surface area contributed by atoms with E-state index < -0.39 is 19.7 Å². The van der Waals surface area contributed by atoms with Crippen molar-refractivity contribution in [1.29, 1.82) is 0 Å². The van der Waals surface area contributed by atoms with Crippen LogP contribution in [0.2, 0.25) is 18.1 Å². The van der Waals surface area contributed by atoms with Crippen LogP contribution in [0.4, 0.5) is 0 Å². The molecule has 2 rings (SSSR count). The normalized spacial score (nSPS) is 15.0. The molecule has 0 aliphatic rings. The fourth-order valence-corrected chi connectivity index (χ4v) is 4.71. The Balaban J connectivity index is 2.16. The highest BCUT2D eigenvalue weighted by molar-refractivity contribution is 7.90. The van der Waals surface area contributed by atoms with E-state index in [9.17, 15) is 4.55 Å². The van der Waals surface area contributed by atoms with E-state index in [2.05, 4.69) is 49.8 Å². The van der Waals surface area contributed by atoms with Crippen LogP contribution in [0.1, 0.15) is 60.1 Å². The maximum absolute atomic E-state index is 12.5. The Bertz CT molecular complexity index is 887. The highest BCUT2D eigenvalue weighted by Gasteiger charge is 2.36. The van der Waals surface area contributed by atoms with Crippen molar-refractivity contribution in [3.8, 4) is 16.9 Å². The molecule has 180 valence electrons. The summed E-state index contributed by atoms with van der Waals surface area (Å²) in [5.41, 5.74) is 3.00. The van der Waals surface area contributed by atoms with E-state index in [1.807, 2.05) is 56.9 Å². The third-order valence-electron chi connectivity index (χ3n) is 6.10. The first-order chi connectivity index (χ1) is 14.7. The Hall–Kier alpha value is -1.32. The van der Waals surface area contributed by atoms with Crippen molar-refractivity contribution in [3.05, 3.63) is 36.2 Å². The molecular weight excluding hydrogens is 438 g/mol. The summed E-state index contributed by atoms with van der Waals surface area (Å²) in [5, 5.41) is 4.73. The second-order valence-corrected chi connectivity index (χ2v) is 17.6. The number of rotatable bonds is 9. The second-order valence-electron chi connectivity index (χ2n) is 10.8. The Labute approximate surface area is 198 Å². The molecule has 1 unspecified atom stereocenters. The first-order valence-corrected chi connectivity index (χ1v) is 15.2. The van der Waals surface area contributed by atoms with Crippen LogP contribution in [0.3, 0.4) is 0 Å². The third kappa shape index (κ3) is 6.84. The molecule has 6 nitrogen and oxygen atoms in total. The molecule has 0 fully saturated rings. The lowest BCUT2D eigenvalue weighted by atomic mass is 10.0. The van der Waals surface area contributed by atoms with E-state index in [1.165, 1.54) is 0 Å². The fraction of sp³-hybridized carbons (Fsp3) is 0.625. The number of nitrogens with zero attached hydrogens (tertiary/aromatic N) is 2. The molecule has 0 spiro atoms. The van der Waals surface area contributed by atoms with Gasteiger partial charge < -0.3 is 13.7 Å². The van der Waals surface area contributed by atoms with Gasteiger partial charge in [0.1, 0.15) is 10.5 Å². The van der Waals surface area contributed by atoms with Gasteiger partial charge in [-0.15, -0.1) is 4.72 Å². The Morgan fingerprint density at radius 1 is 1.19 bits per heavy atom. The van der Waals surface area contributed by atoms with Gasteiger partial charge in [-0.1, -0.05) is 26.8 Å². The maximum atomic E-state index is 12.5. The first kappa shape index (κ1) is 26.9. The molecule has 0 aliphatic heterocycles. The van der Waals surface area contributed by atoms with Crippen LogP contribution in [0.15, 0.2) is 30.6 Å². The van der Waals surface area contributed by atoms with Crippen molar-refractivity contribution in [2.45, 2.75) is 83.9 Å². The van der Waals surface area contributed by atoms with Crippen LogP contribution in [0.5, 0.6) is 5.75 Å². The summed E-state index contributed by atoms with van der Waals surface area (Å²) < 4.78 is 29.2. The molecule has 1 aromatic heterocycles. The summed E-state index contributed by atoms with van der Waals surface area (Å²) >= 11 is -1.15. The minimum atomic E-state index is -1.77. The summed E-state index contributed by atoms with van der Waals surface area (Å²) in [4.78, 5) is 0. The average Bonchev–Trinajstić information content (AvgIpc) is 3.14. The van der Waals surface area contributed by atoms with E-state index >= 15 is 0 Å². The Kier molecular flexibility index (Phi) is 8.67. The topological polar surface area (TPSA) is 71.4 Å². The lowest BCUT2D eigenvalue weighted by Gasteiger charge is -2.36. The lowest BCUT2D eigenvalue weighted by molar-refractivity contribution is 0.266. The van der Waals surface area contributed by atoms with Gasteiger partial charge in [-0.25, -0.2) is 0 Å². The molecule has 0 amide bonds. The van der Waals surface area contributed by atoms with E-state index in [4.69, 9.17) is 9.16 Å². The molecule has 0 saturated heterocycles. The molecule has 2 atom stereocenters. The van der Waals surface area contributed by atoms with Gasteiger partial charge in [0.15, 0.2) is 8.32 Å². The molecule has 0 saturated carbocycles. The van der Waals surface area contributed by atoms with E-state index in [0.717, 1.165) is 22.4 Å². The summed E-state index contributed by atoms with van der Waals surface area (Å²) in [6, 6.07) is 6.00. The number of ether oxygens (including phenoxy) is 1. The van der Waals surface area contributed by atoms with Crippen molar-refractivity contribution >= 4 is 19.7 Å². The number of aromatic nitrogens is 2. The van der Waals surface area contributed by atoms with E-state index in [1.54, 1.807) is 7.11 Å². The molecule has 1 aromatic carbocycles. The fourth-order valence-electron chi connectivity index (χ4n) is 2.86. The minimum Gasteiger partial charge on any atom is -0.598 e. The van der Waals surface area contributed by atoms with Gasteiger partial charge in [0.25, 0.3) is 0 Å². The van der Waals surface area contributed by atoms with Crippen molar-refractivity contribution in [2.24, 2.45) is 0 Å². The number of methoxy groups -OCH3 is 1. The van der Waals surface area contributed by atoms with Crippen LogP contribution in [0.25, 0.3) is 11.1 Å². The molecule has 2 aromatic rings. The highest BCUT2D eigenvalue weighted by Crippen LogP contribution is 2.36.